The van der Waals surface area contributed by atoms with Crippen molar-refractivity contribution in [2.75, 3.05) is 13.2 Å². The number of ether oxygens (including phenoxy) is 3. The minimum Gasteiger partial charge on any atom is -0.462 e. The summed E-state index contributed by atoms with van der Waals surface area (Å²) in [5.74, 6) is -0.914. The maximum Gasteiger partial charge on any atom is 0.306 e. The monoisotopic (exact) mass is 853 g/mol. The van der Waals surface area contributed by atoms with Crippen LogP contribution in [0, 0.1) is 0 Å². The number of allylic oxidation sites excluding steroid dienone is 10. The number of carbonyl (C=O) groups is 3. The fourth-order valence-corrected chi connectivity index (χ4v) is 7.03. The van der Waals surface area contributed by atoms with Gasteiger partial charge in [-0.2, -0.15) is 0 Å². The molecule has 0 heterocycles. The molecule has 0 aliphatic heterocycles. The maximum atomic E-state index is 12.8. The Morgan fingerprint density at radius 1 is 0.328 bits per heavy atom. The van der Waals surface area contributed by atoms with Crippen LogP contribution in [0.2, 0.25) is 0 Å². The van der Waals surface area contributed by atoms with Crippen molar-refractivity contribution in [3.63, 3.8) is 0 Å². The number of esters is 3. The van der Waals surface area contributed by atoms with E-state index in [0.29, 0.717) is 19.3 Å². The van der Waals surface area contributed by atoms with E-state index in [1.165, 1.54) is 116 Å². The number of carbonyl (C=O) groups excluding carboxylic acids is 3. The molecule has 0 aliphatic rings. The molecule has 6 nitrogen and oxygen atoms in total. The molecule has 0 unspecified atom stereocenters. The fraction of sp³-hybridized carbons (Fsp3) is 0.764. The van der Waals surface area contributed by atoms with Crippen molar-refractivity contribution < 1.29 is 28.6 Å². The third kappa shape index (κ3) is 48.0. The Balaban J connectivity index is 4.38. The van der Waals surface area contributed by atoms with Crippen molar-refractivity contribution in [1.29, 1.82) is 0 Å². The van der Waals surface area contributed by atoms with Gasteiger partial charge in [-0.3, -0.25) is 14.4 Å². The van der Waals surface area contributed by atoms with Gasteiger partial charge < -0.3 is 14.2 Å². The van der Waals surface area contributed by atoms with E-state index < -0.39 is 6.10 Å². The van der Waals surface area contributed by atoms with Crippen LogP contribution in [0.4, 0.5) is 0 Å². The van der Waals surface area contributed by atoms with Gasteiger partial charge in [-0.15, -0.1) is 0 Å². The lowest BCUT2D eigenvalue weighted by molar-refractivity contribution is -0.167. The Kier molecular flexibility index (Phi) is 47.4. The number of hydrogen-bond acceptors (Lipinski definition) is 6. The van der Waals surface area contributed by atoms with Gasteiger partial charge in [-0.1, -0.05) is 184 Å². The zero-order valence-corrected chi connectivity index (χ0v) is 40.2. The first-order chi connectivity index (χ1) is 30.0. The summed E-state index contributed by atoms with van der Waals surface area (Å²) < 4.78 is 16.8. The van der Waals surface area contributed by atoms with Gasteiger partial charge >= 0.3 is 17.9 Å². The van der Waals surface area contributed by atoms with Crippen molar-refractivity contribution in [3.05, 3.63) is 60.8 Å². The predicted molar refractivity (Wildman–Crippen MR) is 261 cm³/mol. The summed E-state index contributed by atoms with van der Waals surface area (Å²) in [4.78, 5) is 37.9. The largest absolute Gasteiger partial charge is 0.462 e. The highest BCUT2D eigenvalue weighted by Gasteiger charge is 2.19. The lowest BCUT2D eigenvalue weighted by Crippen LogP contribution is -2.30. The van der Waals surface area contributed by atoms with Gasteiger partial charge in [0.25, 0.3) is 0 Å². The van der Waals surface area contributed by atoms with Crippen LogP contribution in [0.3, 0.4) is 0 Å². The summed E-state index contributed by atoms with van der Waals surface area (Å²) in [7, 11) is 0. The lowest BCUT2D eigenvalue weighted by atomic mass is 10.1. The highest BCUT2D eigenvalue weighted by Crippen LogP contribution is 2.14. The molecule has 61 heavy (non-hydrogen) atoms. The van der Waals surface area contributed by atoms with E-state index in [1.54, 1.807) is 0 Å². The minimum absolute atomic E-state index is 0.0862. The second-order valence-corrected chi connectivity index (χ2v) is 17.1. The normalized spacial score (nSPS) is 12.5. The standard InChI is InChI=1S/C55H96O6/c1-4-7-10-13-16-19-22-25-26-27-28-29-30-31-34-36-39-42-45-48-54(57)60-51-52(61-55(58)49-46-43-40-37-33-24-21-18-15-12-9-6-3)50-59-53(56)47-44-41-38-35-32-23-20-17-14-11-8-5-2/h16-21,25-26,28-29,52H,4-15,22-24,27,30-51H2,1-3H3/b19-16-,20-17-,21-18-,26-25-,29-28-/t52-/m1/s1. The van der Waals surface area contributed by atoms with Crippen molar-refractivity contribution >= 4 is 17.9 Å². The Bertz CT molecular complexity index is 1120. The number of unbranched alkanes of at least 4 members (excludes halogenated alkanes) is 25. The zero-order valence-electron chi connectivity index (χ0n) is 40.2. The van der Waals surface area contributed by atoms with Crippen molar-refractivity contribution in [2.45, 2.75) is 258 Å². The van der Waals surface area contributed by atoms with E-state index in [2.05, 4.69) is 81.5 Å². The summed E-state index contributed by atoms with van der Waals surface area (Å²) in [6, 6.07) is 0. The zero-order chi connectivity index (χ0) is 44.4. The first kappa shape index (κ1) is 58.1. The van der Waals surface area contributed by atoms with Crippen molar-refractivity contribution in [1.82, 2.24) is 0 Å². The van der Waals surface area contributed by atoms with Crippen molar-refractivity contribution in [3.8, 4) is 0 Å². The molecular formula is C55H96O6. The first-order valence-corrected chi connectivity index (χ1v) is 25.8. The van der Waals surface area contributed by atoms with Crippen LogP contribution in [0.25, 0.3) is 0 Å². The van der Waals surface area contributed by atoms with Gasteiger partial charge in [-0.05, 0) is 109 Å². The SMILES string of the molecule is CCCCC/C=C\C/C=C\C/C=C\CCCCCCCCC(=O)OC[C@@H](COC(=O)CCCCCCC/C=C\CCCCC)OC(=O)CCCCCCC/C=C\CCCCC. The van der Waals surface area contributed by atoms with Crippen molar-refractivity contribution in [2.24, 2.45) is 0 Å². The minimum atomic E-state index is -0.785. The van der Waals surface area contributed by atoms with E-state index in [0.717, 1.165) is 96.3 Å². The summed E-state index contributed by atoms with van der Waals surface area (Å²) in [6.07, 6.45) is 60.5. The highest BCUT2D eigenvalue weighted by molar-refractivity contribution is 5.71. The van der Waals surface area contributed by atoms with Crippen LogP contribution < -0.4 is 0 Å². The third-order valence-corrected chi connectivity index (χ3v) is 11.0. The predicted octanol–water partition coefficient (Wildman–Crippen LogP) is 16.9. The molecule has 0 saturated heterocycles. The molecule has 0 spiro atoms. The molecule has 0 rings (SSSR count). The van der Waals surface area contributed by atoms with Gasteiger partial charge in [0.1, 0.15) is 13.2 Å². The molecule has 0 aliphatic carbocycles. The van der Waals surface area contributed by atoms with E-state index in [9.17, 15) is 14.4 Å². The van der Waals surface area contributed by atoms with Gasteiger partial charge in [0.05, 0.1) is 0 Å². The Hall–Kier alpha value is -2.89. The molecular weight excluding hydrogens is 757 g/mol. The molecule has 0 fully saturated rings. The Morgan fingerprint density at radius 2 is 0.590 bits per heavy atom. The molecule has 0 saturated carbocycles. The summed E-state index contributed by atoms with van der Waals surface area (Å²) in [5.41, 5.74) is 0. The van der Waals surface area contributed by atoms with E-state index in [4.69, 9.17) is 14.2 Å². The van der Waals surface area contributed by atoms with E-state index >= 15 is 0 Å². The average Bonchev–Trinajstić information content (AvgIpc) is 3.26. The molecule has 1 atom stereocenters. The average molecular weight is 853 g/mol. The number of rotatable bonds is 46. The lowest BCUT2D eigenvalue weighted by Gasteiger charge is -2.18. The highest BCUT2D eigenvalue weighted by atomic mass is 16.6. The summed E-state index contributed by atoms with van der Waals surface area (Å²) >= 11 is 0. The topological polar surface area (TPSA) is 78.9 Å². The molecule has 0 radical (unpaired) electrons. The van der Waals surface area contributed by atoms with Gasteiger partial charge in [0.2, 0.25) is 0 Å². The molecule has 0 amide bonds. The van der Waals surface area contributed by atoms with Crippen LogP contribution in [0.5, 0.6) is 0 Å². The van der Waals surface area contributed by atoms with Gasteiger partial charge in [0, 0.05) is 19.3 Å². The molecule has 0 aromatic rings. The Morgan fingerprint density at radius 3 is 0.934 bits per heavy atom. The van der Waals surface area contributed by atoms with Crippen LogP contribution >= 0.6 is 0 Å². The van der Waals surface area contributed by atoms with E-state index in [-0.39, 0.29) is 31.1 Å². The number of hydrogen-bond donors (Lipinski definition) is 0. The smallest absolute Gasteiger partial charge is 0.306 e. The molecule has 0 aromatic carbocycles. The molecule has 0 N–H and O–H groups in total. The van der Waals surface area contributed by atoms with Crippen LogP contribution in [0.15, 0.2) is 60.8 Å². The molecule has 0 aromatic heterocycles. The Labute approximate surface area is 377 Å². The second-order valence-electron chi connectivity index (χ2n) is 17.1. The molecule has 0 bridgehead atoms. The van der Waals surface area contributed by atoms with Gasteiger partial charge in [0.15, 0.2) is 6.10 Å². The summed E-state index contributed by atoms with van der Waals surface area (Å²) in [5, 5.41) is 0. The summed E-state index contributed by atoms with van der Waals surface area (Å²) in [6.45, 7) is 6.54. The second kappa shape index (κ2) is 49.8. The van der Waals surface area contributed by atoms with Crippen LogP contribution in [0.1, 0.15) is 252 Å². The van der Waals surface area contributed by atoms with E-state index in [1.807, 2.05) is 0 Å². The maximum absolute atomic E-state index is 12.8. The molecule has 6 heteroatoms. The van der Waals surface area contributed by atoms with Gasteiger partial charge in [-0.25, -0.2) is 0 Å². The quantitative estimate of drug-likeness (QED) is 0.0263. The van der Waals surface area contributed by atoms with Crippen LogP contribution in [-0.2, 0) is 28.6 Å². The molecule has 352 valence electrons. The third-order valence-electron chi connectivity index (χ3n) is 11.0. The first-order valence-electron chi connectivity index (χ1n) is 25.8. The fourth-order valence-electron chi connectivity index (χ4n) is 7.03. The van der Waals surface area contributed by atoms with Crippen LogP contribution in [-0.4, -0.2) is 37.2 Å².